The first-order chi connectivity index (χ1) is 12.2. The number of anilines is 1. The van der Waals surface area contributed by atoms with Crippen LogP contribution in [0.3, 0.4) is 0 Å². The maximum atomic E-state index is 12.5. The van der Waals surface area contributed by atoms with Gasteiger partial charge in [0.05, 0.1) is 26.4 Å². The second-order valence-corrected chi connectivity index (χ2v) is 6.86. The summed E-state index contributed by atoms with van der Waals surface area (Å²) in [5.41, 5.74) is 0. The summed E-state index contributed by atoms with van der Waals surface area (Å²) in [7, 11) is 1.60. The van der Waals surface area contributed by atoms with Crippen molar-refractivity contribution in [3.63, 3.8) is 0 Å². The van der Waals surface area contributed by atoms with E-state index in [-0.39, 0.29) is 17.9 Å². The monoisotopic (exact) mass is 348 g/mol. The number of carbonyl (C=O) groups is 1. The van der Waals surface area contributed by atoms with E-state index < -0.39 is 0 Å². The van der Waals surface area contributed by atoms with Crippen LogP contribution in [-0.4, -0.2) is 67.0 Å². The van der Waals surface area contributed by atoms with Crippen LogP contribution in [0.4, 0.5) is 5.82 Å². The standard InChI is InChI=1S/C17H24N4O4/c1-23-16-7-15(18-11-19-16)20-8-13-12(10-24-14(13)9-20)6-17(22)21-4-2-3-5-25-21/h7,11-14H,2-6,8-10H2,1H3/t12-,13-,14-/m0/s1. The van der Waals surface area contributed by atoms with Gasteiger partial charge in [0.2, 0.25) is 11.8 Å². The molecule has 0 aliphatic carbocycles. The van der Waals surface area contributed by atoms with Gasteiger partial charge in [-0.3, -0.25) is 9.63 Å². The highest BCUT2D eigenvalue weighted by Gasteiger charge is 2.45. The summed E-state index contributed by atoms with van der Waals surface area (Å²) in [5.74, 6) is 2.05. The van der Waals surface area contributed by atoms with Gasteiger partial charge in [-0.15, -0.1) is 0 Å². The molecule has 3 aliphatic heterocycles. The van der Waals surface area contributed by atoms with Crippen LogP contribution in [0.1, 0.15) is 19.3 Å². The predicted molar refractivity (Wildman–Crippen MR) is 89.0 cm³/mol. The van der Waals surface area contributed by atoms with Crippen LogP contribution in [0.2, 0.25) is 0 Å². The number of methoxy groups -OCH3 is 1. The maximum Gasteiger partial charge on any atom is 0.246 e. The average molecular weight is 348 g/mol. The van der Waals surface area contributed by atoms with Gasteiger partial charge < -0.3 is 14.4 Å². The molecule has 0 unspecified atom stereocenters. The molecule has 4 rings (SSSR count). The zero-order valence-electron chi connectivity index (χ0n) is 14.5. The number of fused-ring (bicyclic) bond motifs is 1. The van der Waals surface area contributed by atoms with E-state index in [1.54, 1.807) is 12.2 Å². The van der Waals surface area contributed by atoms with E-state index in [9.17, 15) is 4.79 Å². The van der Waals surface area contributed by atoms with Crippen molar-refractivity contribution < 1.29 is 19.1 Å². The molecule has 136 valence electrons. The summed E-state index contributed by atoms with van der Waals surface area (Å²) in [4.78, 5) is 28.5. The molecule has 3 fully saturated rings. The number of rotatable bonds is 4. The van der Waals surface area contributed by atoms with Gasteiger partial charge in [0.1, 0.15) is 12.1 Å². The molecule has 0 bridgehead atoms. The zero-order valence-corrected chi connectivity index (χ0v) is 14.5. The zero-order chi connectivity index (χ0) is 17.2. The Balaban J connectivity index is 1.38. The fourth-order valence-corrected chi connectivity index (χ4v) is 3.93. The minimum absolute atomic E-state index is 0.0797. The molecule has 1 amide bonds. The van der Waals surface area contributed by atoms with Crippen LogP contribution in [0, 0.1) is 11.8 Å². The number of hydrogen-bond acceptors (Lipinski definition) is 7. The van der Waals surface area contributed by atoms with Gasteiger partial charge in [0, 0.05) is 38.0 Å². The fourth-order valence-electron chi connectivity index (χ4n) is 3.93. The lowest BCUT2D eigenvalue weighted by molar-refractivity contribution is -0.198. The van der Waals surface area contributed by atoms with Gasteiger partial charge in [-0.1, -0.05) is 0 Å². The summed E-state index contributed by atoms with van der Waals surface area (Å²) in [6.07, 6.45) is 4.20. The first-order valence-corrected chi connectivity index (χ1v) is 8.90. The van der Waals surface area contributed by atoms with Crippen molar-refractivity contribution in [3.8, 4) is 5.88 Å². The molecule has 8 heteroatoms. The smallest absolute Gasteiger partial charge is 0.246 e. The SMILES string of the molecule is COc1cc(N2C[C@H]3[C@@H](CC(=O)N4CCCCO4)CO[C@H]3C2)ncn1. The Hall–Kier alpha value is -1.93. The molecular formula is C17H24N4O4. The molecule has 25 heavy (non-hydrogen) atoms. The van der Waals surface area contributed by atoms with Crippen LogP contribution >= 0.6 is 0 Å². The van der Waals surface area contributed by atoms with Crippen molar-refractivity contribution in [2.45, 2.75) is 25.4 Å². The van der Waals surface area contributed by atoms with Crippen LogP contribution in [0.15, 0.2) is 12.4 Å². The van der Waals surface area contributed by atoms with E-state index in [1.807, 2.05) is 6.07 Å². The lowest BCUT2D eigenvalue weighted by atomic mass is 9.90. The number of nitrogens with zero attached hydrogens (tertiary/aromatic N) is 4. The summed E-state index contributed by atoms with van der Waals surface area (Å²) in [5, 5.41) is 1.54. The largest absolute Gasteiger partial charge is 0.481 e. The molecule has 8 nitrogen and oxygen atoms in total. The molecule has 0 aromatic carbocycles. The highest BCUT2D eigenvalue weighted by molar-refractivity contribution is 5.75. The summed E-state index contributed by atoms with van der Waals surface area (Å²) in [6.45, 7) is 3.62. The van der Waals surface area contributed by atoms with Crippen molar-refractivity contribution in [3.05, 3.63) is 12.4 Å². The molecule has 0 radical (unpaired) electrons. The Morgan fingerprint density at radius 3 is 3.08 bits per heavy atom. The molecule has 3 atom stereocenters. The normalized spacial score (nSPS) is 28.9. The van der Waals surface area contributed by atoms with E-state index in [0.29, 0.717) is 38.0 Å². The fraction of sp³-hybridized carbons (Fsp3) is 0.706. The first-order valence-electron chi connectivity index (χ1n) is 8.90. The third kappa shape index (κ3) is 3.41. The molecule has 1 aromatic rings. The van der Waals surface area contributed by atoms with Crippen molar-refractivity contribution >= 4 is 11.7 Å². The van der Waals surface area contributed by atoms with Gasteiger partial charge >= 0.3 is 0 Å². The predicted octanol–water partition coefficient (Wildman–Crippen LogP) is 0.880. The van der Waals surface area contributed by atoms with Crippen LogP contribution < -0.4 is 9.64 Å². The average Bonchev–Trinajstić information content (AvgIpc) is 3.24. The van der Waals surface area contributed by atoms with E-state index in [0.717, 1.165) is 31.7 Å². The molecule has 0 spiro atoms. The number of aromatic nitrogens is 2. The third-order valence-corrected chi connectivity index (χ3v) is 5.32. The number of amides is 1. The highest BCUT2D eigenvalue weighted by atomic mass is 16.7. The van der Waals surface area contributed by atoms with Crippen molar-refractivity contribution in [1.29, 1.82) is 0 Å². The minimum atomic E-state index is 0.0797. The van der Waals surface area contributed by atoms with E-state index in [4.69, 9.17) is 14.3 Å². The molecule has 3 aliphatic rings. The lowest BCUT2D eigenvalue weighted by Crippen LogP contribution is -2.37. The molecule has 3 saturated heterocycles. The third-order valence-electron chi connectivity index (χ3n) is 5.32. The van der Waals surface area contributed by atoms with Crippen LogP contribution in [-0.2, 0) is 14.4 Å². The van der Waals surface area contributed by atoms with E-state index in [2.05, 4.69) is 14.9 Å². The number of ether oxygens (including phenoxy) is 2. The number of hydrogen-bond donors (Lipinski definition) is 0. The molecular weight excluding hydrogens is 324 g/mol. The molecule has 0 N–H and O–H groups in total. The number of hydroxylamine groups is 2. The van der Waals surface area contributed by atoms with Gasteiger partial charge in [0.15, 0.2) is 0 Å². The topological polar surface area (TPSA) is 77.0 Å². The molecule has 4 heterocycles. The Kier molecular flexibility index (Phi) is 4.72. The van der Waals surface area contributed by atoms with Crippen LogP contribution in [0.5, 0.6) is 5.88 Å². The first kappa shape index (κ1) is 16.5. The van der Waals surface area contributed by atoms with E-state index >= 15 is 0 Å². The van der Waals surface area contributed by atoms with E-state index in [1.165, 1.54) is 6.33 Å². The maximum absolute atomic E-state index is 12.5. The Labute approximate surface area is 147 Å². The van der Waals surface area contributed by atoms with Gasteiger partial charge in [-0.2, -0.15) is 0 Å². The quantitative estimate of drug-likeness (QED) is 0.799. The van der Waals surface area contributed by atoms with Gasteiger partial charge in [0.25, 0.3) is 0 Å². The minimum Gasteiger partial charge on any atom is -0.481 e. The second-order valence-electron chi connectivity index (χ2n) is 6.86. The van der Waals surface area contributed by atoms with Crippen molar-refractivity contribution in [1.82, 2.24) is 15.0 Å². The van der Waals surface area contributed by atoms with Crippen molar-refractivity contribution in [2.24, 2.45) is 11.8 Å². The summed E-state index contributed by atoms with van der Waals surface area (Å²) >= 11 is 0. The number of carbonyl (C=O) groups excluding carboxylic acids is 1. The molecule has 0 saturated carbocycles. The summed E-state index contributed by atoms with van der Waals surface area (Å²) < 4.78 is 11.1. The highest BCUT2D eigenvalue weighted by Crippen LogP contribution is 2.37. The lowest BCUT2D eigenvalue weighted by Gasteiger charge is -2.27. The Morgan fingerprint density at radius 1 is 1.36 bits per heavy atom. The second kappa shape index (κ2) is 7.13. The van der Waals surface area contributed by atoms with Gasteiger partial charge in [-0.25, -0.2) is 15.0 Å². The Morgan fingerprint density at radius 2 is 2.28 bits per heavy atom. The Bertz CT molecular complexity index is 622. The van der Waals surface area contributed by atoms with Gasteiger partial charge in [-0.05, 0) is 18.8 Å². The van der Waals surface area contributed by atoms with Crippen LogP contribution in [0.25, 0.3) is 0 Å². The summed E-state index contributed by atoms with van der Waals surface area (Å²) in [6, 6.07) is 1.84. The molecule has 1 aromatic heterocycles. The van der Waals surface area contributed by atoms with Crippen molar-refractivity contribution in [2.75, 3.05) is 44.9 Å².